The number of urea groups is 1. The van der Waals surface area contributed by atoms with Crippen LogP contribution in [0.3, 0.4) is 0 Å². The van der Waals surface area contributed by atoms with E-state index in [4.69, 9.17) is 11.6 Å². The number of anilines is 4. The molecule has 0 atom stereocenters. The number of amides is 3. The zero-order valence-corrected chi connectivity index (χ0v) is 26.0. The van der Waals surface area contributed by atoms with Gasteiger partial charge in [0.2, 0.25) is 11.9 Å². The number of halogens is 6. The Kier molecular flexibility index (Phi) is 8.63. The average molecular weight is 700 g/mol. The smallest absolute Gasteiger partial charge is 0.341 e. The van der Waals surface area contributed by atoms with Gasteiger partial charge in [-0.15, -0.1) is 0 Å². The molecule has 0 saturated carbocycles. The van der Waals surface area contributed by atoms with Gasteiger partial charge < -0.3 is 15.1 Å². The van der Waals surface area contributed by atoms with Crippen molar-refractivity contribution in [1.82, 2.24) is 15.3 Å². The highest BCUT2D eigenvalue weighted by Gasteiger charge is 2.36. The Balaban J connectivity index is 1.21. The van der Waals surface area contributed by atoms with Crippen molar-refractivity contribution >= 4 is 56.6 Å². The molecule has 4 heterocycles. The third-order valence-corrected chi connectivity index (χ3v) is 9.80. The van der Waals surface area contributed by atoms with E-state index in [0.717, 1.165) is 24.5 Å². The average Bonchev–Trinajstić information content (AvgIpc) is 3.65. The molecule has 1 aromatic heterocycles. The van der Waals surface area contributed by atoms with Crippen molar-refractivity contribution in [3.63, 3.8) is 0 Å². The minimum absolute atomic E-state index is 0.151. The monoisotopic (exact) mass is 699 g/mol. The van der Waals surface area contributed by atoms with Crippen LogP contribution in [0.15, 0.2) is 41.6 Å². The number of benzene rings is 2. The van der Waals surface area contributed by atoms with Gasteiger partial charge in [0.1, 0.15) is 5.69 Å². The Labute approximate surface area is 270 Å². The van der Waals surface area contributed by atoms with E-state index >= 15 is 0 Å². The second-order valence-electron chi connectivity index (χ2n) is 11.3. The van der Waals surface area contributed by atoms with Crippen molar-refractivity contribution in [3.8, 4) is 0 Å². The van der Waals surface area contributed by atoms with Crippen LogP contribution >= 0.6 is 11.6 Å². The van der Waals surface area contributed by atoms with Crippen molar-refractivity contribution < 1.29 is 40.0 Å². The first-order chi connectivity index (χ1) is 22.2. The standard InChI is InChI=1S/C29H27ClF5N7O4S/c30-18-11-21(31)25(22(32)12-18)39-47(45,46)20-10-16-3-9-42(26(16)23(13-20)41-6-1-2-24(41)43)28(44)38-19-4-7-40(8-5-19)27-36-14-17(15-37-27)29(33,34)35/h10-15,19,39H,1-9H2,(H,38,44). The highest BCUT2D eigenvalue weighted by molar-refractivity contribution is 7.92. The van der Waals surface area contributed by atoms with E-state index in [-0.39, 0.29) is 59.4 Å². The molecule has 0 unspecified atom stereocenters. The van der Waals surface area contributed by atoms with Crippen molar-refractivity contribution in [3.05, 3.63) is 64.4 Å². The molecule has 18 heteroatoms. The molecule has 3 aromatic rings. The van der Waals surface area contributed by atoms with Crippen LogP contribution in [-0.2, 0) is 27.4 Å². The number of rotatable bonds is 6. The number of piperidine rings is 1. The van der Waals surface area contributed by atoms with E-state index in [2.05, 4.69) is 15.3 Å². The van der Waals surface area contributed by atoms with E-state index in [1.54, 1.807) is 4.90 Å². The summed E-state index contributed by atoms with van der Waals surface area (Å²) in [5, 5.41) is 2.71. The number of aromatic nitrogens is 2. The van der Waals surface area contributed by atoms with Crippen LogP contribution in [-0.4, -0.2) is 62.5 Å². The van der Waals surface area contributed by atoms with Gasteiger partial charge in [-0.05, 0) is 55.5 Å². The zero-order chi connectivity index (χ0) is 33.7. The van der Waals surface area contributed by atoms with Crippen LogP contribution in [0, 0.1) is 11.6 Å². The first kappa shape index (κ1) is 32.7. The van der Waals surface area contributed by atoms with Crippen LogP contribution in [0.25, 0.3) is 0 Å². The highest BCUT2D eigenvalue weighted by Crippen LogP contribution is 2.42. The fourth-order valence-corrected chi connectivity index (χ4v) is 7.24. The maximum atomic E-state index is 14.4. The molecule has 2 aromatic carbocycles. The molecule has 11 nitrogen and oxygen atoms in total. The van der Waals surface area contributed by atoms with Crippen LogP contribution in [0.5, 0.6) is 0 Å². The van der Waals surface area contributed by atoms with Gasteiger partial charge in [-0.2, -0.15) is 13.2 Å². The second kappa shape index (κ2) is 12.4. The van der Waals surface area contributed by atoms with Crippen LogP contribution < -0.4 is 24.7 Å². The summed E-state index contributed by atoms with van der Waals surface area (Å²) in [6.07, 6.45) is -1.21. The third kappa shape index (κ3) is 6.63. The third-order valence-electron chi connectivity index (χ3n) is 8.25. The number of hydrogen-bond donors (Lipinski definition) is 2. The van der Waals surface area contributed by atoms with Gasteiger partial charge in [-0.3, -0.25) is 14.4 Å². The number of fused-ring (bicyclic) bond motifs is 1. The first-order valence-electron chi connectivity index (χ1n) is 14.6. The van der Waals surface area contributed by atoms with E-state index in [0.29, 0.717) is 43.6 Å². The Morgan fingerprint density at radius 1 is 0.957 bits per heavy atom. The molecular weight excluding hydrogens is 673 g/mol. The van der Waals surface area contributed by atoms with Gasteiger partial charge in [0.15, 0.2) is 11.6 Å². The lowest BCUT2D eigenvalue weighted by Crippen LogP contribution is -2.49. The predicted molar refractivity (Wildman–Crippen MR) is 162 cm³/mol. The normalized spacial score (nSPS) is 17.3. The summed E-state index contributed by atoms with van der Waals surface area (Å²) >= 11 is 5.66. The Morgan fingerprint density at radius 3 is 2.21 bits per heavy atom. The molecule has 250 valence electrons. The number of sulfonamides is 1. The lowest BCUT2D eigenvalue weighted by atomic mass is 10.1. The fraction of sp³-hybridized carbons (Fsp3) is 0.379. The second-order valence-corrected chi connectivity index (χ2v) is 13.4. The van der Waals surface area contributed by atoms with E-state index in [1.807, 2.05) is 4.72 Å². The molecule has 0 spiro atoms. The molecule has 47 heavy (non-hydrogen) atoms. The summed E-state index contributed by atoms with van der Waals surface area (Å²) in [4.78, 5) is 38.3. The Hall–Kier alpha value is -4.25. The van der Waals surface area contributed by atoms with E-state index in [9.17, 15) is 40.0 Å². The summed E-state index contributed by atoms with van der Waals surface area (Å²) in [5.41, 5.74) is -0.871. The molecule has 0 bridgehead atoms. The number of nitrogens with one attached hydrogen (secondary N) is 2. The highest BCUT2D eigenvalue weighted by atomic mass is 35.5. The predicted octanol–water partition coefficient (Wildman–Crippen LogP) is 5.10. The molecule has 6 rings (SSSR count). The molecule has 2 saturated heterocycles. The van der Waals surface area contributed by atoms with Gasteiger partial charge in [-0.25, -0.2) is 32.0 Å². The number of nitrogens with zero attached hydrogens (tertiary/aromatic N) is 5. The van der Waals surface area contributed by atoms with Crippen molar-refractivity contribution in [2.24, 2.45) is 0 Å². The van der Waals surface area contributed by atoms with Gasteiger partial charge in [0, 0.05) is 56.1 Å². The maximum Gasteiger partial charge on any atom is 0.419 e. The van der Waals surface area contributed by atoms with Crippen molar-refractivity contribution in [1.29, 1.82) is 0 Å². The summed E-state index contributed by atoms with van der Waals surface area (Å²) in [5.74, 6) is -2.54. The molecular formula is C29H27ClF5N7O4S. The van der Waals surface area contributed by atoms with Gasteiger partial charge in [0.05, 0.1) is 21.8 Å². The minimum Gasteiger partial charge on any atom is -0.341 e. The van der Waals surface area contributed by atoms with Crippen LogP contribution in [0.1, 0.15) is 36.8 Å². The number of hydrogen-bond acceptors (Lipinski definition) is 7. The number of carbonyl (C=O) groups excluding carboxylic acids is 2. The Bertz CT molecular complexity index is 1810. The fourth-order valence-electron chi connectivity index (χ4n) is 5.90. The van der Waals surface area contributed by atoms with Crippen LogP contribution in [0.4, 0.5) is 49.8 Å². The van der Waals surface area contributed by atoms with Gasteiger partial charge in [-0.1, -0.05) is 11.6 Å². The minimum atomic E-state index is -4.56. The first-order valence-corrected chi connectivity index (χ1v) is 16.4. The quantitative estimate of drug-likeness (QED) is 0.343. The zero-order valence-electron chi connectivity index (χ0n) is 24.5. The molecule has 3 aliphatic heterocycles. The van der Waals surface area contributed by atoms with Gasteiger partial charge >= 0.3 is 12.2 Å². The maximum absolute atomic E-state index is 14.4. The van der Waals surface area contributed by atoms with Crippen molar-refractivity contribution in [2.75, 3.05) is 45.6 Å². The molecule has 2 fully saturated rings. The number of carbonyl (C=O) groups is 2. The lowest BCUT2D eigenvalue weighted by Gasteiger charge is -2.33. The molecule has 0 radical (unpaired) electrons. The SMILES string of the molecule is O=C1CCCN1c1cc(S(=O)(=O)Nc2c(F)cc(Cl)cc2F)cc2c1N(C(=O)NC1CCN(c3ncc(C(F)(F)F)cn3)CC1)CC2. The van der Waals surface area contributed by atoms with Crippen LogP contribution in [0.2, 0.25) is 5.02 Å². The van der Waals surface area contributed by atoms with E-state index in [1.165, 1.54) is 21.9 Å². The number of alkyl halides is 3. The molecule has 3 aliphatic rings. The summed E-state index contributed by atoms with van der Waals surface area (Å²) in [7, 11) is -4.56. The largest absolute Gasteiger partial charge is 0.419 e. The molecule has 3 amide bonds. The molecule has 0 aliphatic carbocycles. The summed E-state index contributed by atoms with van der Waals surface area (Å²) in [6.45, 7) is 1.21. The molecule has 2 N–H and O–H groups in total. The lowest BCUT2D eigenvalue weighted by molar-refractivity contribution is -0.138. The summed E-state index contributed by atoms with van der Waals surface area (Å²) < 4.78 is 96.2. The van der Waals surface area contributed by atoms with Crippen molar-refractivity contribution in [2.45, 2.75) is 49.2 Å². The van der Waals surface area contributed by atoms with E-state index < -0.39 is 45.1 Å². The van der Waals surface area contributed by atoms with Gasteiger partial charge in [0.25, 0.3) is 10.0 Å². The Morgan fingerprint density at radius 2 is 1.62 bits per heavy atom. The summed E-state index contributed by atoms with van der Waals surface area (Å²) in [6, 6.07) is 3.29. The topological polar surface area (TPSA) is 128 Å².